The number of hydrogen-bond donors (Lipinski definition) is 0. The molecule has 2 saturated heterocycles. The second kappa shape index (κ2) is 7.96. The van der Waals surface area contributed by atoms with Crippen molar-refractivity contribution in [1.82, 2.24) is 20.0 Å². The van der Waals surface area contributed by atoms with Crippen LogP contribution in [0.3, 0.4) is 0 Å². The van der Waals surface area contributed by atoms with Crippen molar-refractivity contribution in [3.05, 3.63) is 53.8 Å². The lowest BCUT2D eigenvalue weighted by Gasteiger charge is -2.46. The monoisotopic (exact) mass is 432 g/mol. The van der Waals surface area contributed by atoms with Crippen LogP contribution in [0.4, 0.5) is 0 Å². The number of rotatable bonds is 4. The summed E-state index contributed by atoms with van der Waals surface area (Å²) < 4.78 is 11.7. The van der Waals surface area contributed by atoms with Gasteiger partial charge in [-0.3, -0.25) is 4.79 Å². The van der Waals surface area contributed by atoms with Gasteiger partial charge in [0.1, 0.15) is 5.69 Å². The molecule has 3 aliphatic rings. The zero-order valence-corrected chi connectivity index (χ0v) is 18.2. The van der Waals surface area contributed by atoms with Crippen LogP contribution in [0.15, 0.2) is 40.9 Å². The Balaban J connectivity index is 1.08. The van der Waals surface area contributed by atoms with Crippen LogP contribution in [0.5, 0.6) is 0 Å². The van der Waals surface area contributed by atoms with Crippen LogP contribution in [0.2, 0.25) is 0 Å². The Bertz CT molecular complexity index is 1130. The van der Waals surface area contributed by atoms with Crippen molar-refractivity contribution < 1.29 is 14.1 Å². The molecular formula is C25H28N4O3. The van der Waals surface area contributed by atoms with E-state index in [4.69, 9.17) is 9.26 Å². The zero-order chi connectivity index (χ0) is 21.5. The number of carbonyl (C=O) groups excluding carboxylic acids is 1. The number of amides is 1. The fourth-order valence-electron chi connectivity index (χ4n) is 5.22. The van der Waals surface area contributed by atoms with E-state index in [0.29, 0.717) is 30.6 Å². The first-order chi connectivity index (χ1) is 15.7. The van der Waals surface area contributed by atoms with Crippen molar-refractivity contribution in [3.8, 4) is 0 Å². The first kappa shape index (κ1) is 19.9. The molecule has 1 spiro atoms. The van der Waals surface area contributed by atoms with Crippen molar-refractivity contribution in [2.24, 2.45) is 5.92 Å². The number of hydrogen-bond acceptors (Lipinski definition) is 6. The maximum Gasteiger partial charge on any atom is 0.272 e. The van der Waals surface area contributed by atoms with Gasteiger partial charge in [0.15, 0.2) is 5.82 Å². The molecule has 0 radical (unpaired) electrons. The summed E-state index contributed by atoms with van der Waals surface area (Å²) in [4.78, 5) is 24.2. The number of aromatic nitrogens is 3. The van der Waals surface area contributed by atoms with Crippen molar-refractivity contribution >= 4 is 16.8 Å². The van der Waals surface area contributed by atoms with E-state index in [0.717, 1.165) is 61.3 Å². The summed E-state index contributed by atoms with van der Waals surface area (Å²) in [6.07, 6.45) is 6.95. The van der Waals surface area contributed by atoms with Crippen LogP contribution in [0, 0.1) is 5.92 Å². The van der Waals surface area contributed by atoms with Crippen molar-refractivity contribution in [2.45, 2.75) is 56.5 Å². The van der Waals surface area contributed by atoms with Crippen LogP contribution < -0.4 is 0 Å². The summed E-state index contributed by atoms with van der Waals surface area (Å²) >= 11 is 0. The highest BCUT2D eigenvalue weighted by Gasteiger charge is 2.42. The highest BCUT2D eigenvalue weighted by Crippen LogP contribution is 2.40. The van der Waals surface area contributed by atoms with Gasteiger partial charge >= 0.3 is 0 Å². The van der Waals surface area contributed by atoms with E-state index in [1.54, 1.807) is 0 Å². The molecule has 2 aromatic heterocycles. The van der Waals surface area contributed by atoms with Crippen molar-refractivity contribution in [2.75, 3.05) is 19.7 Å². The van der Waals surface area contributed by atoms with Gasteiger partial charge in [0, 0.05) is 37.4 Å². The molecule has 4 heterocycles. The van der Waals surface area contributed by atoms with Gasteiger partial charge in [-0.25, -0.2) is 4.98 Å². The van der Waals surface area contributed by atoms with Gasteiger partial charge in [0.05, 0.1) is 11.1 Å². The van der Waals surface area contributed by atoms with Crippen LogP contribution in [-0.4, -0.2) is 51.2 Å². The van der Waals surface area contributed by atoms with Gasteiger partial charge in [-0.2, -0.15) is 4.98 Å². The third kappa shape index (κ3) is 3.90. The number of pyridine rings is 1. The van der Waals surface area contributed by atoms with E-state index in [9.17, 15) is 4.79 Å². The topological polar surface area (TPSA) is 81.4 Å². The molecular weight excluding hydrogens is 404 g/mol. The maximum absolute atomic E-state index is 13.1. The quantitative estimate of drug-likeness (QED) is 0.616. The zero-order valence-electron chi connectivity index (χ0n) is 18.2. The van der Waals surface area contributed by atoms with Gasteiger partial charge in [-0.15, -0.1) is 0 Å². The van der Waals surface area contributed by atoms with Gasteiger partial charge in [-0.05, 0) is 56.6 Å². The molecule has 1 atom stereocenters. The van der Waals surface area contributed by atoms with Crippen LogP contribution in [-0.2, 0) is 11.2 Å². The lowest BCUT2D eigenvalue weighted by Crippen LogP contribution is -2.51. The number of nitrogens with zero attached hydrogens (tertiary/aromatic N) is 4. The fourth-order valence-corrected chi connectivity index (χ4v) is 5.22. The Hall–Kier alpha value is -2.80. The number of benzene rings is 1. The van der Waals surface area contributed by atoms with E-state index < -0.39 is 0 Å². The molecule has 3 aromatic rings. The maximum atomic E-state index is 13.1. The minimum absolute atomic E-state index is 0.0114. The largest absolute Gasteiger partial charge is 0.375 e. The van der Waals surface area contributed by atoms with Gasteiger partial charge < -0.3 is 14.2 Å². The molecule has 1 amide bonds. The Morgan fingerprint density at radius 3 is 2.75 bits per heavy atom. The number of carbonyl (C=O) groups is 1. The first-order valence-electron chi connectivity index (χ1n) is 11.8. The summed E-state index contributed by atoms with van der Waals surface area (Å²) in [7, 11) is 0. The van der Waals surface area contributed by atoms with Gasteiger partial charge in [0.25, 0.3) is 5.91 Å². The second-order valence-corrected chi connectivity index (χ2v) is 9.60. The first-order valence-corrected chi connectivity index (χ1v) is 11.8. The molecule has 1 aliphatic carbocycles. The Kier molecular flexibility index (Phi) is 4.94. The summed E-state index contributed by atoms with van der Waals surface area (Å²) in [6.45, 7) is 2.17. The SMILES string of the molecule is O=C(c1ccc2ccccc2n1)N1CCC2(CC1)CC(Cc1noc(C3CC3)n1)CCO2. The van der Waals surface area contributed by atoms with E-state index in [1.165, 1.54) is 12.8 Å². The highest BCUT2D eigenvalue weighted by molar-refractivity contribution is 5.95. The number of ether oxygens (including phenoxy) is 1. The molecule has 0 N–H and O–H groups in total. The molecule has 7 nitrogen and oxygen atoms in total. The molecule has 1 unspecified atom stereocenters. The minimum atomic E-state index is -0.139. The molecule has 7 heteroatoms. The molecule has 32 heavy (non-hydrogen) atoms. The molecule has 1 saturated carbocycles. The lowest BCUT2D eigenvalue weighted by molar-refractivity contribution is -0.123. The minimum Gasteiger partial charge on any atom is -0.375 e. The Morgan fingerprint density at radius 2 is 1.91 bits per heavy atom. The van der Waals surface area contributed by atoms with E-state index in [2.05, 4.69) is 15.1 Å². The summed E-state index contributed by atoms with van der Waals surface area (Å²) in [5, 5.41) is 5.26. The average molecular weight is 433 g/mol. The third-order valence-electron chi connectivity index (χ3n) is 7.26. The fraction of sp³-hybridized carbons (Fsp3) is 0.520. The predicted molar refractivity (Wildman–Crippen MR) is 118 cm³/mol. The third-order valence-corrected chi connectivity index (χ3v) is 7.26. The normalized spacial score (nSPS) is 23.0. The number of para-hydroxylation sites is 1. The van der Waals surface area contributed by atoms with Crippen molar-refractivity contribution in [1.29, 1.82) is 0 Å². The van der Waals surface area contributed by atoms with E-state index >= 15 is 0 Å². The molecule has 2 aliphatic heterocycles. The van der Waals surface area contributed by atoms with E-state index in [1.807, 2.05) is 41.3 Å². The molecule has 166 valence electrons. The van der Waals surface area contributed by atoms with Crippen LogP contribution >= 0.6 is 0 Å². The van der Waals surface area contributed by atoms with Crippen molar-refractivity contribution in [3.63, 3.8) is 0 Å². The van der Waals surface area contributed by atoms with Crippen LogP contribution in [0.1, 0.15) is 66.6 Å². The van der Waals surface area contributed by atoms with Crippen LogP contribution in [0.25, 0.3) is 10.9 Å². The lowest BCUT2D eigenvalue weighted by atomic mass is 9.78. The second-order valence-electron chi connectivity index (χ2n) is 9.60. The molecule has 0 bridgehead atoms. The highest BCUT2D eigenvalue weighted by atomic mass is 16.5. The number of piperidine rings is 1. The molecule has 3 fully saturated rings. The van der Waals surface area contributed by atoms with E-state index in [-0.39, 0.29) is 11.5 Å². The van der Waals surface area contributed by atoms with Gasteiger partial charge in [0.2, 0.25) is 5.89 Å². The molecule has 1 aromatic carbocycles. The smallest absolute Gasteiger partial charge is 0.272 e. The summed E-state index contributed by atoms with van der Waals surface area (Å²) in [5.74, 6) is 2.66. The number of fused-ring (bicyclic) bond motifs is 1. The Labute approximate surface area is 187 Å². The average Bonchev–Trinajstić information content (AvgIpc) is 3.58. The standard InChI is InChI=1S/C25H28N4O3/c30-24(21-8-7-18-3-1-2-4-20(18)26-21)29-12-10-25(11-13-29)16-17(9-14-31-25)15-22-27-23(32-28-22)19-5-6-19/h1-4,7-8,17,19H,5-6,9-16H2. The Morgan fingerprint density at radius 1 is 1.06 bits per heavy atom. The number of likely N-dealkylation sites (tertiary alicyclic amines) is 1. The summed E-state index contributed by atoms with van der Waals surface area (Å²) in [5.41, 5.74) is 1.24. The molecule has 6 rings (SSSR count). The summed E-state index contributed by atoms with van der Waals surface area (Å²) in [6, 6.07) is 11.7. The van der Waals surface area contributed by atoms with Gasteiger partial charge in [-0.1, -0.05) is 29.4 Å². The predicted octanol–water partition coefficient (Wildman–Crippen LogP) is 4.14.